The van der Waals surface area contributed by atoms with Crippen molar-refractivity contribution in [3.63, 3.8) is 0 Å². The molecule has 0 spiro atoms. The lowest BCUT2D eigenvalue weighted by molar-refractivity contribution is -0.142. The molecule has 2 amide bonds. The molecule has 3 rings (SSSR count). The number of aliphatic carboxylic acids is 1. The molecule has 1 aromatic carbocycles. The fraction of sp³-hybridized carbons (Fsp3) is 0.471. The molecule has 0 saturated carbocycles. The molecule has 2 atom stereocenters. The number of hydrogen-bond donors (Lipinski definition) is 1. The fourth-order valence-electron chi connectivity index (χ4n) is 3.56. The van der Waals surface area contributed by atoms with Crippen molar-refractivity contribution in [2.75, 3.05) is 18.0 Å². The topological polar surface area (TPSA) is 77.9 Å². The van der Waals surface area contributed by atoms with Gasteiger partial charge in [-0.1, -0.05) is 12.1 Å². The summed E-state index contributed by atoms with van der Waals surface area (Å²) in [6.45, 7) is 1.03. The average molecular weight is 395 g/mol. The molecular weight excluding hydrogens is 376 g/mol. The Hall–Kier alpha value is -1.89. The molecule has 0 bridgehead atoms. The molecule has 24 heavy (non-hydrogen) atoms. The van der Waals surface area contributed by atoms with E-state index in [2.05, 4.69) is 15.9 Å². The van der Waals surface area contributed by atoms with Gasteiger partial charge < -0.3 is 14.9 Å². The molecule has 1 N–H and O–H groups in total. The van der Waals surface area contributed by atoms with E-state index < -0.39 is 11.9 Å². The van der Waals surface area contributed by atoms with Gasteiger partial charge in [-0.25, -0.2) is 0 Å². The van der Waals surface area contributed by atoms with E-state index in [1.165, 1.54) is 0 Å². The second-order valence-electron chi connectivity index (χ2n) is 6.21. The van der Waals surface area contributed by atoms with Crippen molar-refractivity contribution >= 4 is 39.4 Å². The zero-order valence-corrected chi connectivity index (χ0v) is 14.7. The highest BCUT2D eigenvalue weighted by atomic mass is 79.9. The van der Waals surface area contributed by atoms with Crippen LogP contribution in [0.5, 0.6) is 0 Å². The number of hydrogen-bond acceptors (Lipinski definition) is 3. The lowest BCUT2D eigenvalue weighted by atomic mass is 10.0. The highest BCUT2D eigenvalue weighted by molar-refractivity contribution is 9.10. The number of halogens is 1. The smallest absolute Gasteiger partial charge is 0.305 e. The number of para-hydroxylation sites is 1. The van der Waals surface area contributed by atoms with Gasteiger partial charge in [0.25, 0.3) is 0 Å². The summed E-state index contributed by atoms with van der Waals surface area (Å²) in [6.07, 6.45) is 1.89. The number of benzene rings is 1. The molecule has 0 aromatic heterocycles. The Morgan fingerprint density at radius 2 is 1.96 bits per heavy atom. The predicted molar refractivity (Wildman–Crippen MR) is 91.6 cm³/mol. The standard InChI is InChI=1S/C17H19BrN2O4/c18-13-5-1-2-6-14(13)20-9-7-12(17(20)24)16(23)19-8-3-4-11(19)10-15(21)22/h1-2,5-6,11-12H,3-4,7-10H2,(H,21,22). The Labute approximate surface area is 148 Å². The molecule has 1 aromatic rings. The fourth-order valence-corrected chi connectivity index (χ4v) is 4.06. The summed E-state index contributed by atoms with van der Waals surface area (Å²) >= 11 is 3.44. The van der Waals surface area contributed by atoms with Crippen LogP contribution in [0.1, 0.15) is 25.7 Å². The molecule has 128 valence electrons. The second-order valence-corrected chi connectivity index (χ2v) is 7.06. The van der Waals surface area contributed by atoms with Crippen LogP contribution in [0.4, 0.5) is 5.69 Å². The molecular formula is C17H19BrN2O4. The Morgan fingerprint density at radius 3 is 2.67 bits per heavy atom. The van der Waals surface area contributed by atoms with Crippen LogP contribution in [-0.2, 0) is 14.4 Å². The highest BCUT2D eigenvalue weighted by Gasteiger charge is 2.43. The number of nitrogens with zero attached hydrogens (tertiary/aromatic N) is 2. The van der Waals surface area contributed by atoms with Crippen molar-refractivity contribution in [3.8, 4) is 0 Å². The third-order valence-corrected chi connectivity index (χ3v) is 5.39. The molecule has 2 aliphatic heterocycles. The summed E-state index contributed by atoms with van der Waals surface area (Å²) in [7, 11) is 0. The number of carbonyl (C=O) groups excluding carboxylic acids is 2. The number of carboxylic acids is 1. The van der Waals surface area contributed by atoms with Crippen LogP contribution in [0, 0.1) is 5.92 Å². The third-order valence-electron chi connectivity index (χ3n) is 4.72. The number of anilines is 1. The van der Waals surface area contributed by atoms with Crippen LogP contribution in [0.25, 0.3) is 0 Å². The van der Waals surface area contributed by atoms with E-state index in [9.17, 15) is 14.4 Å². The summed E-state index contributed by atoms with van der Waals surface area (Å²) in [5.74, 6) is -2.04. The van der Waals surface area contributed by atoms with Crippen LogP contribution in [0.15, 0.2) is 28.7 Å². The van der Waals surface area contributed by atoms with E-state index in [1.807, 2.05) is 24.3 Å². The summed E-state index contributed by atoms with van der Waals surface area (Å²) < 4.78 is 0.816. The van der Waals surface area contributed by atoms with Crippen LogP contribution < -0.4 is 4.90 Å². The number of likely N-dealkylation sites (tertiary alicyclic amines) is 1. The molecule has 6 nitrogen and oxygen atoms in total. The maximum absolute atomic E-state index is 12.8. The van der Waals surface area contributed by atoms with Gasteiger partial charge in [-0.05, 0) is 47.3 Å². The molecule has 7 heteroatoms. The summed E-state index contributed by atoms with van der Waals surface area (Å²) in [5.41, 5.74) is 0.765. The first kappa shape index (κ1) is 17.0. The van der Waals surface area contributed by atoms with Crippen LogP contribution in [0.3, 0.4) is 0 Å². The van der Waals surface area contributed by atoms with Gasteiger partial charge >= 0.3 is 5.97 Å². The quantitative estimate of drug-likeness (QED) is 0.794. The van der Waals surface area contributed by atoms with Crippen molar-refractivity contribution in [2.24, 2.45) is 5.92 Å². The van der Waals surface area contributed by atoms with E-state index in [0.717, 1.165) is 16.6 Å². The van der Waals surface area contributed by atoms with Gasteiger partial charge in [0, 0.05) is 23.6 Å². The lowest BCUT2D eigenvalue weighted by Gasteiger charge is -2.26. The van der Waals surface area contributed by atoms with Crippen LogP contribution in [0.2, 0.25) is 0 Å². The molecule has 2 saturated heterocycles. The van der Waals surface area contributed by atoms with E-state index in [4.69, 9.17) is 5.11 Å². The van der Waals surface area contributed by atoms with Crippen molar-refractivity contribution < 1.29 is 19.5 Å². The Balaban J connectivity index is 1.74. The average Bonchev–Trinajstić information content (AvgIpc) is 3.13. The monoisotopic (exact) mass is 394 g/mol. The van der Waals surface area contributed by atoms with Gasteiger partial charge in [-0.2, -0.15) is 0 Å². The highest BCUT2D eigenvalue weighted by Crippen LogP contribution is 2.33. The SMILES string of the molecule is O=C(O)CC1CCCN1C(=O)C1CCN(c2ccccc2Br)C1=O. The van der Waals surface area contributed by atoms with Gasteiger partial charge in [-0.3, -0.25) is 14.4 Å². The molecule has 2 fully saturated rings. The van der Waals surface area contributed by atoms with Crippen molar-refractivity contribution in [1.82, 2.24) is 4.90 Å². The van der Waals surface area contributed by atoms with Gasteiger partial charge in [0.15, 0.2) is 0 Å². The summed E-state index contributed by atoms with van der Waals surface area (Å²) in [5, 5.41) is 8.99. The van der Waals surface area contributed by atoms with Crippen molar-refractivity contribution in [1.29, 1.82) is 0 Å². The zero-order chi connectivity index (χ0) is 17.3. The maximum Gasteiger partial charge on any atom is 0.305 e. The van der Waals surface area contributed by atoms with Crippen LogP contribution in [-0.4, -0.2) is 46.9 Å². The second kappa shape index (κ2) is 6.93. The first-order chi connectivity index (χ1) is 11.5. The largest absolute Gasteiger partial charge is 0.481 e. The van der Waals surface area contributed by atoms with Crippen molar-refractivity contribution in [3.05, 3.63) is 28.7 Å². The Morgan fingerprint density at radius 1 is 1.21 bits per heavy atom. The van der Waals surface area contributed by atoms with Gasteiger partial charge in [0.05, 0.1) is 12.1 Å². The van der Waals surface area contributed by atoms with Crippen molar-refractivity contribution in [2.45, 2.75) is 31.7 Å². The van der Waals surface area contributed by atoms with Gasteiger partial charge in [0.1, 0.15) is 5.92 Å². The van der Waals surface area contributed by atoms with E-state index in [-0.39, 0.29) is 24.3 Å². The predicted octanol–water partition coefficient (Wildman–Crippen LogP) is 2.27. The first-order valence-corrected chi connectivity index (χ1v) is 8.86. The van der Waals surface area contributed by atoms with E-state index in [1.54, 1.807) is 9.80 Å². The minimum absolute atomic E-state index is 0.0550. The summed E-state index contributed by atoms with van der Waals surface area (Å²) in [6, 6.07) is 7.14. The Kier molecular flexibility index (Phi) is 4.89. The molecule has 0 aliphatic carbocycles. The minimum atomic E-state index is -0.910. The zero-order valence-electron chi connectivity index (χ0n) is 13.2. The minimum Gasteiger partial charge on any atom is -0.481 e. The number of carboxylic acid groups (broad SMARTS) is 1. The molecule has 2 heterocycles. The maximum atomic E-state index is 12.8. The van der Waals surface area contributed by atoms with E-state index in [0.29, 0.717) is 25.9 Å². The first-order valence-electron chi connectivity index (χ1n) is 8.07. The third kappa shape index (κ3) is 3.17. The number of carbonyl (C=O) groups is 3. The summed E-state index contributed by atoms with van der Waals surface area (Å²) in [4.78, 5) is 39.7. The normalized spacial score (nSPS) is 23.8. The van der Waals surface area contributed by atoms with Gasteiger partial charge in [0.2, 0.25) is 11.8 Å². The molecule has 2 unspecified atom stereocenters. The molecule has 2 aliphatic rings. The van der Waals surface area contributed by atoms with E-state index >= 15 is 0 Å². The number of amides is 2. The number of rotatable bonds is 4. The van der Waals surface area contributed by atoms with Crippen LogP contribution >= 0.6 is 15.9 Å². The lowest BCUT2D eigenvalue weighted by Crippen LogP contribution is -2.43. The molecule has 0 radical (unpaired) electrons. The Bertz CT molecular complexity index is 678. The van der Waals surface area contributed by atoms with Gasteiger partial charge in [-0.15, -0.1) is 0 Å².